The Morgan fingerprint density at radius 3 is 3.09 bits per heavy atom. The highest BCUT2D eigenvalue weighted by molar-refractivity contribution is 5.21. The second-order valence-corrected chi connectivity index (χ2v) is 2.43. The molecule has 2 N–H and O–H groups in total. The van der Waals surface area contributed by atoms with Crippen molar-refractivity contribution in [3.8, 4) is 0 Å². The molecule has 61 valence electrons. The third kappa shape index (κ3) is 3.23. The van der Waals surface area contributed by atoms with Crippen molar-refractivity contribution in [2.24, 2.45) is 5.73 Å². The molecule has 0 saturated carbocycles. The summed E-state index contributed by atoms with van der Waals surface area (Å²) in [6, 6.07) is 0. The summed E-state index contributed by atoms with van der Waals surface area (Å²) >= 11 is 0. The average Bonchev–Trinajstić information content (AvgIpc) is 2.07. The topological polar surface area (TPSA) is 35.2 Å². The van der Waals surface area contributed by atoms with Crippen LogP contribution in [0.4, 0.5) is 0 Å². The summed E-state index contributed by atoms with van der Waals surface area (Å²) in [5.41, 5.74) is 5.32. The van der Waals surface area contributed by atoms with E-state index in [9.17, 15) is 0 Å². The van der Waals surface area contributed by atoms with E-state index >= 15 is 0 Å². The lowest BCUT2D eigenvalue weighted by Crippen LogP contribution is -2.04. The molecular formula is C9H14NO. The van der Waals surface area contributed by atoms with Crippen LogP contribution in [0.2, 0.25) is 0 Å². The highest BCUT2D eigenvalue weighted by Crippen LogP contribution is 2.11. The minimum absolute atomic E-state index is 0.698. The molecule has 0 fully saturated rings. The standard InChI is InChI=1S/C9H14NO/c10-7-4-8-11-9-5-2-1-3-6-9/h1-2,5-6H,3-4,7-8,10H2. The fourth-order valence-electron chi connectivity index (χ4n) is 0.874. The van der Waals surface area contributed by atoms with Gasteiger partial charge in [0, 0.05) is 6.42 Å². The summed E-state index contributed by atoms with van der Waals surface area (Å²) in [7, 11) is 0. The first-order chi connectivity index (χ1) is 5.43. The first kappa shape index (κ1) is 8.34. The van der Waals surface area contributed by atoms with Crippen molar-refractivity contribution in [3.63, 3.8) is 0 Å². The molecule has 0 unspecified atom stereocenters. The van der Waals surface area contributed by atoms with E-state index in [1.165, 1.54) is 0 Å². The molecule has 0 bridgehead atoms. The van der Waals surface area contributed by atoms with Crippen molar-refractivity contribution in [2.45, 2.75) is 12.8 Å². The van der Waals surface area contributed by atoms with E-state index in [1.54, 1.807) is 0 Å². The minimum atomic E-state index is 0.698. The van der Waals surface area contributed by atoms with Gasteiger partial charge in [-0.1, -0.05) is 12.2 Å². The van der Waals surface area contributed by atoms with Crippen LogP contribution >= 0.6 is 0 Å². The summed E-state index contributed by atoms with van der Waals surface area (Å²) in [5.74, 6) is 0.973. The fraction of sp³-hybridized carbons (Fsp3) is 0.444. The second-order valence-electron chi connectivity index (χ2n) is 2.43. The Kier molecular flexibility index (Phi) is 3.76. The summed E-state index contributed by atoms with van der Waals surface area (Å²) in [6.07, 6.45) is 10.0. The van der Waals surface area contributed by atoms with Crippen molar-refractivity contribution in [1.29, 1.82) is 0 Å². The van der Waals surface area contributed by atoms with Gasteiger partial charge in [0.15, 0.2) is 0 Å². The van der Waals surface area contributed by atoms with E-state index in [0.717, 1.165) is 25.2 Å². The van der Waals surface area contributed by atoms with Gasteiger partial charge in [-0.25, -0.2) is 0 Å². The number of hydrogen-bond acceptors (Lipinski definition) is 2. The number of hydrogen-bond donors (Lipinski definition) is 1. The third-order valence-electron chi connectivity index (χ3n) is 1.47. The molecule has 2 nitrogen and oxygen atoms in total. The van der Waals surface area contributed by atoms with Gasteiger partial charge in [0.1, 0.15) is 5.76 Å². The lowest BCUT2D eigenvalue weighted by atomic mass is 10.2. The van der Waals surface area contributed by atoms with Crippen LogP contribution in [0, 0.1) is 6.42 Å². The molecule has 0 atom stereocenters. The van der Waals surface area contributed by atoms with E-state index in [0.29, 0.717) is 6.54 Å². The van der Waals surface area contributed by atoms with Gasteiger partial charge in [-0.3, -0.25) is 0 Å². The fourth-order valence-corrected chi connectivity index (χ4v) is 0.874. The van der Waals surface area contributed by atoms with Gasteiger partial charge in [0.25, 0.3) is 0 Å². The van der Waals surface area contributed by atoms with E-state index in [4.69, 9.17) is 10.5 Å². The van der Waals surface area contributed by atoms with Crippen LogP contribution in [0.5, 0.6) is 0 Å². The first-order valence-electron chi connectivity index (χ1n) is 3.96. The summed E-state index contributed by atoms with van der Waals surface area (Å²) in [4.78, 5) is 0. The Morgan fingerprint density at radius 1 is 1.55 bits per heavy atom. The molecule has 0 aromatic carbocycles. The van der Waals surface area contributed by atoms with Gasteiger partial charge in [0.2, 0.25) is 0 Å². The highest BCUT2D eigenvalue weighted by atomic mass is 16.5. The van der Waals surface area contributed by atoms with E-state index < -0.39 is 0 Å². The normalized spacial score (nSPS) is 16.3. The van der Waals surface area contributed by atoms with Crippen molar-refractivity contribution in [1.82, 2.24) is 0 Å². The molecule has 1 rings (SSSR count). The molecule has 2 heteroatoms. The molecule has 1 aliphatic carbocycles. The Morgan fingerprint density at radius 2 is 2.45 bits per heavy atom. The summed E-state index contributed by atoms with van der Waals surface area (Å²) in [6.45, 7) is 1.43. The third-order valence-corrected chi connectivity index (χ3v) is 1.47. The zero-order valence-corrected chi connectivity index (χ0v) is 6.62. The van der Waals surface area contributed by atoms with Gasteiger partial charge in [0.05, 0.1) is 6.61 Å². The number of nitrogens with two attached hydrogens (primary N) is 1. The highest BCUT2D eigenvalue weighted by Gasteiger charge is 1.99. The molecule has 0 aromatic rings. The number of ether oxygens (including phenoxy) is 1. The predicted molar refractivity (Wildman–Crippen MR) is 45.8 cm³/mol. The summed E-state index contributed by atoms with van der Waals surface area (Å²) in [5, 5.41) is 0. The lowest BCUT2D eigenvalue weighted by Gasteiger charge is -2.09. The Bertz CT molecular complexity index is 161. The zero-order chi connectivity index (χ0) is 7.94. The van der Waals surface area contributed by atoms with Crippen LogP contribution in [0.25, 0.3) is 0 Å². The Labute approximate surface area is 67.7 Å². The van der Waals surface area contributed by atoms with Crippen LogP contribution in [0.15, 0.2) is 24.0 Å². The maximum absolute atomic E-state index is 5.40. The van der Waals surface area contributed by atoms with Crippen molar-refractivity contribution in [2.75, 3.05) is 13.2 Å². The molecule has 0 aromatic heterocycles. The molecule has 0 saturated heterocycles. The number of allylic oxidation sites excluding steroid dienone is 4. The lowest BCUT2D eigenvalue weighted by molar-refractivity contribution is 0.215. The van der Waals surface area contributed by atoms with Crippen LogP contribution in [0.1, 0.15) is 12.8 Å². The predicted octanol–water partition coefficient (Wildman–Crippen LogP) is 1.40. The van der Waals surface area contributed by atoms with Crippen molar-refractivity contribution >= 4 is 0 Å². The zero-order valence-electron chi connectivity index (χ0n) is 6.62. The Hall–Kier alpha value is -0.760. The molecule has 0 heterocycles. The van der Waals surface area contributed by atoms with Crippen molar-refractivity contribution in [3.05, 3.63) is 30.4 Å². The second kappa shape index (κ2) is 4.97. The molecule has 0 spiro atoms. The largest absolute Gasteiger partial charge is 0.498 e. The molecule has 0 amide bonds. The summed E-state index contributed by atoms with van der Waals surface area (Å²) < 4.78 is 5.40. The van der Waals surface area contributed by atoms with Crippen LogP contribution < -0.4 is 5.73 Å². The van der Waals surface area contributed by atoms with Gasteiger partial charge >= 0.3 is 0 Å². The van der Waals surface area contributed by atoms with E-state index in [2.05, 4.69) is 12.5 Å². The van der Waals surface area contributed by atoms with E-state index in [-0.39, 0.29) is 0 Å². The maximum atomic E-state index is 5.40. The quantitative estimate of drug-likeness (QED) is 0.618. The van der Waals surface area contributed by atoms with Crippen molar-refractivity contribution < 1.29 is 4.74 Å². The van der Waals surface area contributed by atoms with Crippen LogP contribution in [-0.4, -0.2) is 13.2 Å². The molecule has 11 heavy (non-hydrogen) atoms. The number of rotatable bonds is 4. The molecule has 1 aliphatic rings. The minimum Gasteiger partial charge on any atom is -0.498 e. The van der Waals surface area contributed by atoms with Crippen LogP contribution in [-0.2, 0) is 4.74 Å². The maximum Gasteiger partial charge on any atom is 0.100 e. The van der Waals surface area contributed by atoms with Gasteiger partial charge in [-0.15, -0.1) is 0 Å². The first-order valence-corrected chi connectivity index (χ1v) is 3.96. The van der Waals surface area contributed by atoms with E-state index in [1.807, 2.05) is 12.2 Å². The smallest absolute Gasteiger partial charge is 0.100 e. The monoisotopic (exact) mass is 152 g/mol. The molecular weight excluding hydrogens is 138 g/mol. The average molecular weight is 152 g/mol. The SMILES string of the molecule is NCCCOC1=CC=CC[CH]1. The van der Waals surface area contributed by atoms with Gasteiger partial charge in [-0.2, -0.15) is 0 Å². The molecule has 1 radical (unpaired) electrons. The Balaban J connectivity index is 2.15. The van der Waals surface area contributed by atoms with Gasteiger partial charge < -0.3 is 10.5 Å². The molecule has 0 aliphatic heterocycles. The van der Waals surface area contributed by atoms with Crippen LogP contribution in [0.3, 0.4) is 0 Å². The van der Waals surface area contributed by atoms with Gasteiger partial charge in [-0.05, 0) is 25.5 Å².